The number of hydrogen-bond acceptors (Lipinski definition) is 5. The lowest BCUT2D eigenvalue weighted by molar-refractivity contribution is -0.384. The average Bonchev–Trinajstić information content (AvgIpc) is 2.34. The van der Waals surface area contributed by atoms with E-state index in [1.54, 1.807) is 31.0 Å². The molecular weight excluding hydrogens is 236 g/mol. The Hall–Kier alpha value is -1.66. The smallest absolute Gasteiger partial charge is 0.292 e. The summed E-state index contributed by atoms with van der Waals surface area (Å²) in [5.74, 6) is 0. The fraction of sp³-hybridized carbons (Fsp3) is 0.500. The average molecular weight is 254 g/mol. The number of anilines is 1. The summed E-state index contributed by atoms with van der Waals surface area (Å²) >= 11 is 0. The van der Waals surface area contributed by atoms with Gasteiger partial charge in [0.25, 0.3) is 5.69 Å². The Morgan fingerprint density at radius 3 is 2.67 bits per heavy atom. The zero-order valence-corrected chi connectivity index (χ0v) is 10.5. The van der Waals surface area contributed by atoms with Gasteiger partial charge in [-0.05, 0) is 25.0 Å². The Balaban J connectivity index is 2.96. The standard InChI is InChI=1S/C12H18N2O4/c1-9(16)5-6-13(2)11-4-3-10(8-15)7-12(11)14(17)18/h3-4,7,9,15-16H,5-6,8H2,1-2H3. The van der Waals surface area contributed by atoms with Gasteiger partial charge in [-0.3, -0.25) is 10.1 Å². The molecule has 0 aromatic heterocycles. The van der Waals surface area contributed by atoms with E-state index in [-0.39, 0.29) is 12.3 Å². The summed E-state index contributed by atoms with van der Waals surface area (Å²) in [6.07, 6.45) is 0.0956. The summed E-state index contributed by atoms with van der Waals surface area (Å²) in [6.45, 7) is 1.98. The third-order valence-corrected chi connectivity index (χ3v) is 2.71. The molecule has 0 amide bonds. The van der Waals surface area contributed by atoms with Crippen molar-refractivity contribution in [2.45, 2.75) is 26.1 Å². The molecule has 6 nitrogen and oxygen atoms in total. The maximum Gasteiger partial charge on any atom is 0.292 e. The Kier molecular flexibility index (Phi) is 5.06. The zero-order valence-electron chi connectivity index (χ0n) is 10.5. The van der Waals surface area contributed by atoms with E-state index in [9.17, 15) is 15.2 Å². The molecule has 0 aliphatic carbocycles. The minimum atomic E-state index is -0.465. The van der Waals surface area contributed by atoms with Crippen molar-refractivity contribution in [1.82, 2.24) is 0 Å². The largest absolute Gasteiger partial charge is 0.393 e. The number of benzene rings is 1. The van der Waals surface area contributed by atoms with Crippen LogP contribution in [0.2, 0.25) is 0 Å². The van der Waals surface area contributed by atoms with Gasteiger partial charge in [-0.25, -0.2) is 0 Å². The number of rotatable bonds is 6. The summed E-state index contributed by atoms with van der Waals surface area (Å²) in [5.41, 5.74) is 0.960. The van der Waals surface area contributed by atoms with Crippen molar-refractivity contribution in [2.24, 2.45) is 0 Å². The minimum absolute atomic E-state index is 0.0327. The molecule has 0 bridgehead atoms. The third-order valence-electron chi connectivity index (χ3n) is 2.71. The first-order valence-corrected chi connectivity index (χ1v) is 5.73. The first-order valence-electron chi connectivity index (χ1n) is 5.73. The van der Waals surface area contributed by atoms with Crippen LogP contribution in [0.1, 0.15) is 18.9 Å². The fourth-order valence-corrected chi connectivity index (χ4v) is 1.64. The number of nitro benzene ring substituents is 1. The van der Waals surface area contributed by atoms with Gasteiger partial charge in [0.05, 0.1) is 17.6 Å². The van der Waals surface area contributed by atoms with Crippen molar-refractivity contribution < 1.29 is 15.1 Å². The molecule has 6 heteroatoms. The molecule has 18 heavy (non-hydrogen) atoms. The van der Waals surface area contributed by atoms with Crippen LogP contribution in [0, 0.1) is 10.1 Å². The molecule has 0 saturated heterocycles. The second-order valence-electron chi connectivity index (χ2n) is 4.30. The van der Waals surface area contributed by atoms with Gasteiger partial charge < -0.3 is 15.1 Å². The predicted molar refractivity (Wildman–Crippen MR) is 68.6 cm³/mol. The topological polar surface area (TPSA) is 86.8 Å². The highest BCUT2D eigenvalue weighted by atomic mass is 16.6. The molecule has 0 aliphatic rings. The molecule has 1 aromatic carbocycles. The lowest BCUT2D eigenvalue weighted by Crippen LogP contribution is -2.22. The van der Waals surface area contributed by atoms with Gasteiger partial charge in [0.2, 0.25) is 0 Å². The van der Waals surface area contributed by atoms with Gasteiger partial charge in [-0.1, -0.05) is 6.07 Å². The predicted octanol–water partition coefficient (Wildman–Crippen LogP) is 1.29. The van der Waals surface area contributed by atoms with Gasteiger partial charge in [0.15, 0.2) is 0 Å². The van der Waals surface area contributed by atoms with E-state index in [2.05, 4.69) is 0 Å². The van der Waals surface area contributed by atoms with Gasteiger partial charge >= 0.3 is 0 Å². The monoisotopic (exact) mass is 254 g/mol. The molecule has 0 radical (unpaired) electrons. The van der Waals surface area contributed by atoms with E-state index in [0.717, 1.165) is 0 Å². The van der Waals surface area contributed by atoms with Gasteiger partial charge in [0.1, 0.15) is 5.69 Å². The Morgan fingerprint density at radius 2 is 2.17 bits per heavy atom. The molecule has 1 aromatic rings. The maximum absolute atomic E-state index is 11.0. The van der Waals surface area contributed by atoms with Crippen LogP contribution in [0.3, 0.4) is 0 Å². The number of nitro groups is 1. The van der Waals surface area contributed by atoms with Crippen molar-refractivity contribution in [3.05, 3.63) is 33.9 Å². The molecule has 0 fully saturated rings. The summed E-state index contributed by atoms with van der Waals surface area (Å²) in [4.78, 5) is 12.2. The molecular formula is C12H18N2O4. The number of aliphatic hydroxyl groups excluding tert-OH is 2. The molecule has 1 rings (SSSR count). The fourth-order valence-electron chi connectivity index (χ4n) is 1.64. The van der Waals surface area contributed by atoms with E-state index in [4.69, 9.17) is 5.11 Å². The quantitative estimate of drug-likeness (QED) is 0.590. The van der Waals surface area contributed by atoms with E-state index >= 15 is 0 Å². The number of nitrogens with zero attached hydrogens (tertiary/aromatic N) is 2. The second kappa shape index (κ2) is 6.32. The third kappa shape index (κ3) is 3.68. The molecule has 1 atom stereocenters. The SMILES string of the molecule is CC(O)CCN(C)c1ccc(CO)cc1[N+](=O)[O-]. The normalized spacial score (nSPS) is 12.2. The van der Waals surface area contributed by atoms with Crippen LogP contribution in [-0.2, 0) is 6.61 Å². The zero-order chi connectivity index (χ0) is 13.7. The van der Waals surface area contributed by atoms with Crippen LogP contribution in [0.5, 0.6) is 0 Å². The Bertz CT molecular complexity index is 421. The Morgan fingerprint density at radius 1 is 1.50 bits per heavy atom. The van der Waals surface area contributed by atoms with E-state index in [1.807, 2.05) is 0 Å². The lowest BCUT2D eigenvalue weighted by atomic mass is 10.1. The number of hydrogen-bond donors (Lipinski definition) is 2. The van der Waals surface area contributed by atoms with Crippen LogP contribution in [0.15, 0.2) is 18.2 Å². The van der Waals surface area contributed by atoms with E-state index in [1.165, 1.54) is 6.07 Å². The van der Waals surface area contributed by atoms with E-state index in [0.29, 0.717) is 24.2 Å². The van der Waals surface area contributed by atoms with Crippen LogP contribution < -0.4 is 4.90 Å². The summed E-state index contributed by atoms with van der Waals surface area (Å²) < 4.78 is 0. The Labute approximate surface area is 106 Å². The van der Waals surface area contributed by atoms with Crippen molar-refractivity contribution in [3.8, 4) is 0 Å². The summed E-state index contributed by atoms with van der Waals surface area (Å²) in [7, 11) is 1.74. The highest BCUT2D eigenvalue weighted by Gasteiger charge is 2.17. The maximum atomic E-state index is 11.0. The first kappa shape index (κ1) is 14.4. The van der Waals surface area contributed by atoms with Gasteiger partial charge in [0, 0.05) is 19.7 Å². The molecule has 0 spiro atoms. The van der Waals surface area contributed by atoms with Gasteiger partial charge in [-0.2, -0.15) is 0 Å². The second-order valence-corrected chi connectivity index (χ2v) is 4.30. The molecule has 0 aliphatic heterocycles. The van der Waals surface area contributed by atoms with Crippen LogP contribution in [-0.4, -0.2) is 34.8 Å². The van der Waals surface area contributed by atoms with Crippen molar-refractivity contribution >= 4 is 11.4 Å². The lowest BCUT2D eigenvalue weighted by Gasteiger charge is -2.20. The molecule has 2 N–H and O–H groups in total. The molecule has 100 valence electrons. The van der Waals surface area contributed by atoms with Crippen LogP contribution in [0.25, 0.3) is 0 Å². The summed E-state index contributed by atoms with van der Waals surface area (Å²) in [5, 5.41) is 29.2. The van der Waals surface area contributed by atoms with Gasteiger partial charge in [-0.15, -0.1) is 0 Å². The summed E-state index contributed by atoms with van der Waals surface area (Å²) in [6, 6.07) is 4.64. The molecule has 0 heterocycles. The van der Waals surface area contributed by atoms with E-state index < -0.39 is 11.0 Å². The van der Waals surface area contributed by atoms with Crippen molar-refractivity contribution in [2.75, 3.05) is 18.5 Å². The molecule has 0 saturated carbocycles. The van der Waals surface area contributed by atoms with Crippen molar-refractivity contribution in [3.63, 3.8) is 0 Å². The number of aliphatic hydroxyl groups is 2. The first-order chi connectivity index (χ1) is 8.45. The van der Waals surface area contributed by atoms with Crippen LogP contribution >= 0.6 is 0 Å². The highest BCUT2D eigenvalue weighted by Crippen LogP contribution is 2.28. The molecule has 1 unspecified atom stereocenters. The van der Waals surface area contributed by atoms with Crippen LogP contribution in [0.4, 0.5) is 11.4 Å². The van der Waals surface area contributed by atoms with Crippen molar-refractivity contribution in [1.29, 1.82) is 0 Å². The minimum Gasteiger partial charge on any atom is -0.393 e. The highest BCUT2D eigenvalue weighted by molar-refractivity contribution is 5.63.